The Kier molecular flexibility index (Phi) is 378. The molecular formula is C16H49NO2S. The lowest BCUT2D eigenvalue weighted by Gasteiger charge is -1.61. The molecule has 3 nitrogen and oxygen atoms in total. The third-order valence-corrected chi connectivity index (χ3v) is 0. The number of carbonyl (C=O) groups is 1. The third-order valence-electron chi connectivity index (χ3n) is 0. The highest BCUT2D eigenvalue weighted by Crippen LogP contribution is 1.70. The van der Waals surface area contributed by atoms with Crippen LogP contribution < -0.4 is 5.32 Å². The van der Waals surface area contributed by atoms with E-state index in [0.717, 1.165) is 0 Å². The van der Waals surface area contributed by atoms with Gasteiger partial charge in [-0.25, -0.2) is 0 Å². The first kappa shape index (κ1) is 59.8. The molecule has 0 rings (SSSR count). The van der Waals surface area contributed by atoms with Crippen LogP contribution in [-0.2, 0) is 9.53 Å². The molecule has 0 unspecified atom stereocenters. The minimum absolute atomic E-state index is 0. The number of hydrogen-bond acceptors (Lipinski definition) is 4. The summed E-state index contributed by atoms with van der Waals surface area (Å²) in [6, 6.07) is 0. The van der Waals surface area contributed by atoms with E-state index in [-0.39, 0.29) is 35.5 Å². The molecule has 0 aliphatic heterocycles. The molecular weight excluding hydrogens is 270 g/mol. The van der Waals surface area contributed by atoms with E-state index in [9.17, 15) is 4.79 Å². The van der Waals surface area contributed by atoms with Crippen molar-refractivity contribution < 1.29 is 9.53 Å². The molecule has 0 saturated carbocycles. The van der Waals surface area contributed by atoms with Gasteiger partial charge in [0.1, 0.15) is 5.78 Å². The van der Waals surface area contributed by atoms with Crippen LogP contribution in [-0.4, -0.2) is 46.6 Å². The number of methoxy groups -OCH3 is 1. The first-order valence-corrected chi connectivity index (χ1v) is 6.88. The van der Waals surface area contributed by atoms with Crippen LogP contribution in [0, 0.1) is 0 Å². The Morgan fingerprint density at radius 2 is 0.950 bits per heavy atom. The summed E-state index contributed by atoms with van der Waals surface area (Å²) < 4.78 is 4.25. The lowest BCUT2D eigenvalue weighted by molar-refractivity contribution is -0.114. The molecule has 0 spiro atoms. The molecule has 4 heteroatoms. The van der Waals surface area contributed by atoms with Crippen molar-refractivity contribution in [3.8, 4) is 0 Å². The quantitative estimate of drug-likeness (QED) is 0.627. The summed E-state index contributed by atoms with van der Waals surface area (Å²) in [7, 11) is 7.00. The van der Waals surface area contributed by atoms with Crippen LogP contribution in [0.3, 0.4) is 0 Å². The smallest absolute Gasteiger partial charge is 0.126 e. The van der Waals surface area contributed by atoms with E-state index in [4.69, 9.17) is 0 Å². The monoisotopic (exact) mass is 319 g/mol. The van der Waals surface area contributed by atoms with E-state index in [1.165, 1.54) is 20.3 Å². The maximum absolute atomic E-state index is 9.44. The summed E-state index contributed by atoms with van der Waals surface area (Å²) >= 11 is 1.75. The molecule has 0 saturated heterocycles. The number of thioether (sulfide) groups is 1. The van der Waals surface area contributed by atoms with Gasteiger partial charge in [0.2, 0.25) is 0 Å². The molecule has 0 fully saturated rings. The minimum Gasteiger partial charge on any atom is -0.388 e. The van der Waals surface area contributed by atoms with Gasteiger partial charge in [-0.05, 0) is 40.5 Å². The fourth-order valence-electron chi connectivity index (χ4n) is 0. The summed E-state index contributed by atoms with van der Waals surface area (Å²) in [5.74, 6) is 0.167. The second-order valence-corrected chi connectivity index (χ2v) is 3.75. The number of nitrogens with one attached hydrogen (secondary N) is 1. The summed E-state index contributed by atoms with van der Waals surface area (Å²) in [5, 5.41) is 2.75. The van der Waals surface area contributed by atoms with Gasteiger partial charge in [0.05, 0.1) is 0 Å². The van der Waals surface area contributed by atoms with Crippen LogP contribution in [0.25, 0.3) is 0 Å². The normalized spacial score (nSPS) is 4.90. The minimum atomic E-state index is 0. The average Bonchev–Trinajstić information content (AvgIpc) is 2.06. The number of ketones is 1. The zero-order chi connectivity index (χ0) is 14.4. The Bertz CT molecular complexity index is 70.9. The Labute approximate surface area is 137 Å². The molecule has 0 aliphatic carbocycles. The Balaban J connectivity index is -0.0000000103. The summed E-state index contributed by atoms with van der Waals surface area (Å²) in [5.41, 5.74) is 0. The van der Waals surface area contributed by atoms with Crippen LogP contribution in [0.15, 0.2) is 0 Å². The zero-order valence-electron chi connectivity index (χ0n) is 12.9. The van der Waals surface area contributed by atoms with Gasteiger partial charge in [-0.15, -0.1) is 0 Å². The largest absolute Gasteiger partial charge is 0.388 e. The SMILES string of the molecule is C.C.C.C.CC(C)=O.CCC.CNC.COC.CSC. The van der Waals surface area contributed by atoms with Crippen molar-refractivity contribution in [1.29, 1.82) is 0 Å². The maximum Gasteiger partial charge on any atom is 0.126 e. The van der Waals surface area contributed by atoms with Crippen molar-refractivity contribution in [2.24, 2.45) is 0 Å². The highest BCUT2D eigenvalue weighted by molar-refractivity contribution is 7.97. The molecule has 1 N–H and O–H groups in total. The summed E-state index contributed by atoms with van der Waals surface area (Å²) in [6.45, 7) is 7.31. The fourth-order valence-corrected chi connectivity index (χ4v) is 0. The molecule has 0 radical (unpaired) electrons. The molecule has 0 aliphatic rings. The van der Waals surface area contributed by atoms with Crippen LogP contribution in [0.4, 0.5) is 0 Å². The van der Waals surface area contributed by atoms with E-state index < -0.39 is 0 Å². The summed E-state index contributed by atoms with van der Waals surface area (Å²) in [4.78, 5) is 9.44. The van der Waals surface area contributed by atoms with Crippen LogP contribution >= 0.6 is 11.8 Å². The molecule has 0 bridgehead atoms. The number of Topliss-reactive ketones (excluding diaryl/α,β-unsaturated/α-hetero) is 1. The van der Waals surface area contributed by atoms with Gasteiger partial charge in [0.15, 0.2) is 0 Å². The Hall–Kier alpha value is -0.0600. The van der Waals surface area contributed by atoms with E-state index in [1.807, 2.05) is 26.6 Å². The van der Waals surface area contributed by atoms with E-state index >= 15 is 0 Å². The Morgan fingerprint density at radius 3 is 0.950 bits per heavy atom. The van der Waals surface area contributed by atoms with Crippen molar-refractivity contribution in [1.82, 2.24) is 5.32 Å². The van der Waals surface area contributed by atoms with Gasteiger partial charge < -0.3 is 14.8 Å². The summed E-state index contributed by atoms with van der Waals surface area (Å²) in [6.07, 6.45) is 5.33. The van der Waals surface area contributed by atoms with E-state index in [0.29, 0.717) is 0 Å². The highest BCUT2D eigenvalue weighted by Gasteiger charge is 1.62. The molecule has 0 aromatic rings. The van der Waals surface area contributed by atoms with Crippen molar-refractivity contribution in [3.05, 3.63) is 0 Å². The zero-order valence-corrected chi connectivity index (χ0v) is 13.7. The van der Waals surface area contributed by atoms with Crippen LogP contribution in [0.1, 0.15) is 63.8 Å². The lowest BCUT2D eigenvalue weighted by atomic mass is 10.6. The van der Waals surface area contributed by atoms with Crippen molar-refractivity contribution in [2.75, 3.05) is 40.8 Å². The number of ether oxygens (including phenoxy) is 1. The third kappa shape index (κ3) is 1430000. The standard InChI is InChI=1S/C3H6O.C3H8.C2H7N.C2H6O.C2H6S.4CH4/c1-3(2)4;4*1-3-2;;;;/h1-2H3;3H2,1-2H3;3H,1-2H3;2*1-2H3;4*1H4. The Morgan fingerprint density at radius 1 is 0.950 bits per heavy atom. The predicted octanol–water partition coefficient (Wildman–Crippen LogP) is 5.63. The van der Waals surface area contributed by atoms with E-state index in [2.05, 4.69) is 23.9 Å². The lowest BCUT2D eigenvalue weighted by Crippen LogP contribution is -1.89. The number of carbonyl (C=O) groups excluding carboxylic acids is 1. The molecule has 0 heterocycles. The predicted molar refractivity (Wildman–Crippen MR) is 107 cm³/mol. The first-order valence-electron chi connectivity index (χ1n) is 5.25. The second kappa shape index (κ2) is 127. The fraction of sp³-hybridized carbons (Fsp3) is 0.938. The number of hydrogen-bond donors (Lipinski definition) is 1. The number of rotatable bonds is 0. The molecule has 0 amide bonds. The molecule has 0 aromatic carbocycles. The van der Waals surface area contributed by atoms with Gasteiger partial charge in [-0.3, -0.25) is 0 Å². The van der Waals surface area contributed by atoms with Crippen molar-refractivity contribution in [2.45, 2.75) is 63.8 Å². The van der Waals surface area contributed by atoms with Crippen LogP contribution in [0.5, 0.6) is 0 Å². The van der Waals surface area contributed by atoms with E-state index in [1.54, 1.807) is 26.0 Å². The molecule has 0 atom stereocenters. The van der Waals surface area contributed by atoms with Crippen molar-refractivity contribution >= 4 is 17.5 Å². The second-order valence-electron chi connectivity index (χ2n) is 2.93. The molecule has 20 heavy (non-hydrogen) atoms. The van der Waals surface area contributed by atoms with Crippen molar-refractivity contribution in [3.63, 3.8) is 0 Å². The van der Waals surface area contributed by atoms with Gasteiger partial charge in [-0.2, -0.15) is 11.8 Å². The van der Waals surface area contributed by atoms with Gasteiger partial charge >= 0.3 is 0 Å². The first-order chi connectivity index (χ1) is 7.39. The van der Waals surface area contributed by atoms with Crippen LogP contribution in [0.2, 0.25) is 0 Å². The average molecular weight is 320 g/mol. The molecule has 136 valence electrons. The van der Waals surface area contributed by atoms with Gasteiger partial charge in [0.25, 0.3) is 0 Å². The highest BCUT2D eigenvalue weighted by atomic mass is 32.2. The maximum atomic E-state index is 9.44. The van der Waals surface area contributed by atoms with Gasteiger partial charge in [0, 0.05) is 14.2 Å². The molecule has 0 aromatic heterocycles. The topological polar surface area (TPSA) is 38.3 Å². The van der Waals surface area contributed by atoms with Gasteiger partial charge in [-0.1, -0.05) is 50.0 Å².